The lowest BCUT2D eigenvalue weighted by atomic mass is 10.3. The molecule has 4 N–H and O–H groups in total. The lowest BCUT2D eigenvalue weighted by molar-refractivity contribution is 0.157. The number of nitrogens with one attached hydrogen (secondary N) is 1. The lowest BCUT2D eigenvalue weighted by Gasteiger charge is -2.34. The van der Waals surface area contributed by atoms with Gasteiger partial charge in [0.25, 0.3) is 0 Å². The van der Waals surface area contributed by atoms with Crippen molar-refractivity contribution in [2.75, 3.05) is 38.0 Å². The molecule has 1 fully saturated rings. The quantitative estimate of drug-likeness (QED) is 0.339. The number of halogens is 1. The topological polar surface area (TPSA) is 94.2 Å². The number of nitrogens with two attached hydrogens (primary N) is 1. The maximum Gasteiger partial charge on any atom is 0.321 e. The summed E-state index contributed by atoms with van der Waals surface area (Å²) in [5.41, 5.74) is 6.18. The van der Waals surface area contributed by atoms with Gasteiger partial charge in [0.1, 0.15) is 0 Å². The van der Waals surface area contributed by atoms with Gasteiger partial charge in [-0.15, -0.1) is 0 Å². The minimum Gasteiger partial charge on any atom is -0.409 e. The van der Waals surface area contributed by atoms with Gasteiger partial charge in [0.15, 0.2) is 5.84 Å². The highest BCUT2D eigenvalue weighted by Crippen LogP contribution is 2.14. The number of benzene rings is 1. The number of nitrogens with zero attached hydrogens (tertiary/aromatic N) is 3. The fraction of sp³-hybridized carbons (Fsp3) is 0.385. The Hall–Kier alpha value is -1.99. The molecule has 1 aliphatic heterocycles. The second kappa shape index (κ2) is 7.14. The van der Waals surface area contributed by atoms with E-state index in [1.807, 2.05) is 4.90 Å². The van der Waals surface area contributed by atoms with Gasteiger partial charge in [0, 0.05) is 36.9 Å². The number of amidine groups is 1. The van der Waals surface area contributed by atoms with Crippen LogP contribution < -0.4 is 11.1 Å². The predicted molar refractivity (Wildman–Crippen MR) is 81.9 cm³/mol. The van der Waals surface area contributed by atoms with E-state index in [4.69, 9.17) is 22.5 Å². The number of anilines is 1. The standard InChI is InChI=1S/C13H18ClN5O2/c14-10-1-3-11(4-2-10)16-13(20)19-7-5-18(6-8-19)9-12(15)17-21/h1-4,21H,5-9H2,(H2,15,17)(H,16,20). The molecule has 1 heterocycles. The van der Waals surface area contributed by atoms with E-state index in [1.165, 1.54) is 0 Å². The Kier molecular flexibility index (Phi) is 5.24. The molecule has 2 rings (SSSR count). The summed E-state index contributed by atoms with van der Waals surface area (Å²) in [6, 6.07) is 6.84. The largest absolute Gasteiger partial charge is 0.409 e. The van der Waals surface area contributed by atoms with Crippen LogP contribution in [0.4, 0.5) is 10.5 Å². The van der Waals surface area contributed by atoms with E-state index in [0.717, 1.165) is 0 Å². The first-order valence-electron chi connectivity index (χ1n) is 6.59. The van der Waals surface area contributed by atoms with Crippen molar-refractivity contribution >= 4 is 29.2 Å². The van der Waals surface area contributed by atoms with Gasteiger partial charge in [-0.05, 0) is 24.3 Å². The number of urea groups is 1. The van der Waals surface area contributed by atoms with Gasteiger partial charge >= 0.3 is 6.03 Å². The van der Waals surface area contributed by atoms with Crippen molar-refractivity contribution in [1.82, 2.24) is 9.80 Å². The Labute approximate surface area is 127 Å². The van der Waals surface area contributed by atoms with Crippen molar-refractivity contribution in [2.24, 2.45) is 10.9 Å². The molecule has 21 heavy (non-hydrogen) atoms. The van der Waals surface area contributed by atoms with Crippen molar-refractivity contribution in [1.29, 1.82) is 0 Å². The number of amides is 2. The molecule has 0 unspecified atom stereocenters. The number of hydrogen-bond donors (Lipinski definition) is 3. The van der Waals surface area contributed by atoms with E-state index in [2.05, 4.69) is 10.5 Å². The van der Waals surface area contributed by atoms with Crippen LogP contribution in [0.15, 0.2) is 29.4 Å². The molecule has 1 saturated heterocycles. The van der Waals surface area contributed by atoms with Crippen LogP contribution in [0.5, 0.6) is 0 Å². The summed E-state index contributed by atoms with van der Waals surface area (Å²) in [5, 5.41) is 14.9. The molecule has 8 heteroatoms. The molecule has 114 valence electrons. The van der Waals surface area contributed by atoms with Crippen LogP contribution in [0, 0.1) is 0 Å². The van der Waals surface area contributed by atoms with Gasteiger partial charge in [-0.1, -0.05) is 16.8 Å². The molecular formula is C13H18ClN5O2. The highest BCUT2D eigenvalue weighted by Gasteiger charge is 2.21. The molecule has 1 aromatic carbocycles. The molecule has 0 spiro atoms. The summed E-state index contributed by atoms with van der Waals surface area (Å²) in [7, 11) is 0. The molecule has 0 atom stereocenters. The van der Waals surface area contributed by atoms with Crippen LogP contribution >= 0.6 is 11.6 Å². The van der Waals surface area contributed by atoms with Crippen LogP contribution in [0.25, 0.3) is 0 Å². The van der Waals surface area contributed by atoms with E-state index in [1.54, 1.807) is 29.2 Å². The number of hydrogen-bond acceptors (Lipinski definition) is 4. The average Bonchev–Trinajstić information content (AvgIpc) is 2.50. The van der Waals surface area contributed by atoms with Crippen molar-refractivity contribution in [2.45, 2.75) is 0 Å². The summed E-state index contributed by atoms with van der Waals surface area (Å²) in [6.45, 7) is 2.97. The van der Waals surface area contributed by atoms with E-state index in [0.29, 0.717) is 43.4 Å². The lowest BCUT2D eigenvalue weighted by Crippen LogP contribution is -2.51. The zero-order valence-electron chi connectivity index (χ0n) is 11.5. The summed E-state index contributed by atoms with van der Waals surface area (Å²) in [5.74, 6) is 0.175. The van der Waals surface area contributed by atoms with Gasteiger partial charge in [-0.2, -0.15) is 0 Å². The Morgan fingerprint density at radius 1 is 1.29 bits per heavy atom. The summed E-state index contributed by atoms with van der Waals surface area (Å²) < 4.78 is 0. The monoisotopic (exact) mass is 311 g/mol. The Morgan fingerprint density at radius 2 is 1.90 bits per heavy atom. The van der Waals surface area contributed by atoms with Crippen molar-refractivity contribution in [3.8, 4) is 0 Å². The van der Waals surface area contributed by atoms with E-state index < -0.39 is 0 Å². The molecule has 0 bridgehead atoms. The van der Waals surface area contributed by atoms with Crippen molar-refractivity contribution < 1.29 is 10.0 Å². The molecule has 2 amide bonds. The third kappa shape index (κ3) is 4.51. The number of carbonyl (C=O) groups is 1. The minimum absolute atomic E-state index is 0.138. The highest BCUT2D eigenvalue weighted by molar-refractivity contribution is 6.30. The third-order valence-electron chi connectivity index (χ3n) is 3.27. The molecule has 0 radical (unpaired) electrons. The average molecular weight is 312 g/mol. The SMILES string of the molecule is NC(CN1CCN(C(=O)Nc2ccc(Cl)cc2)CC1)=NO. The Morgan fingerprint density at radius 3 is 2.48 bits per heavy atom. The zero-order valence-corrected chi connectivity index (χ0v) is 12.3. The first-order valence-corrected chi connectivity index (χ1v) is 6.96. The first-order chi connectivity index (χ1) is 10.1. The molecular weight excluding hydrogens is 294 g/mol. The van der Waals surface area contributed by atoms with Crippen LogP contribution in [0.3, 0.4) is 0 Å². The van der Waals surface area contributed by atoms with Crippen LogP contribution in [-0.4, -0.2) is 59.6 Å². The van der Waals surface area contributed by atoms with Gasteiger partial charge in [0.05, 0.1) is 6.54 Å². The number of oxime groups is 1. The van der Waals surface area contributed by atoms with Crippen molar-refractivity contribution in [3.63, 3.8) is 0 Å². The predicted octanol–water partition coefficient (Wildman–Crippen LogP) is 1.24. The van der Waals surface area contributed by atoms with E-state index in [-0.39, 0.29) is 11.9 Å². The molecule has 0 aliphatic carbocycles. The van der Waals surface area contributed by atoms with Gasteiger partial charge in [0.2, 0.25) is 0 Å². The molecule has 1 aromatic rings. The van der Waals surface area contributed by atoms with Crippen LogP contribution in [0.1, 0.15) is 0 Å². The maximum absolute atomic E-state index is 12.1. The maximum atomic E-state index is 12.1. The zero-order chi connectivity index (χ0) is 15.2. The van der Waals surface area contributed by atoms with Gasteiger partial charge < -0.3 is 21.2 Å². The number of carbonyl (C=O) groups excluding carboxylic acids is 1. The molecule has 0 saturated carbocycles. The number of piperazine rings is 1. The fourth-order valence-corrected chi connectivity index (χ4v) is 2.23. The van der Waals surface area contributed by atoms with Crippen LogP contribution in [0.2, 0.25) is 5.02 Å². The third-order valence-corrected chi connectivity index (χ3v) is 3.52. The molecule has 1 aliphatic rings. The van der Waals surface area contributed by atoms with Gasteiger partial charge in [-0.3, -0.25) is 4.90 Å². The fourth-order valence-electron chi connectivity index (χ4n) is 2.11. The normalized spacial score (nSPS) is 16.8. The first kappa shape index (κ1) is 15.4. The second-order valence-corrected chi connectivity index (χ2v) is 5.23. The highest BCUT2D eigenvalue weighted by atomic mass is 35.5. The summed E-state index contributed by atoms with van der Waals surface area (Å²) in [6.07, 6.45) is 0. The summed E-state index contributed by atoms with van der Waals surface area (Å²) >= 11 is 5.80. The second-order valence-electron chi connectivity index (χ2n) is 4.79. The smallest absolute Gasteiger partial charge is 0.321 e. The number of rotatable bonds is 3. The summed E-state index contributed by atoms with van der Waals surface area (Å²) in [4.78, 5) is 15.9. The Bertz CT molecular complexity index is 512. The van der Waals surface area contributed by atoms with E-state index >= 15 is 0 Å². The van der Waals surface area contributed by atoms with Gasteiger partial charge in [-0.25, -0.2) is 4.79 Å². The van der Waals surface area contributed by atoms with Crippen molar-refractivity contribution in [3.05, 3.63) is 29.3 Å². The minimum atomic E-state index is -0.138. The Balaban J connectivity index is 1.81. The van der Waals surface area contributed by atoms with E-state index in [9.17, 15) is 4.79 Å². The molecule has 0 aromatic heterocycles. The molecule has 7 nitrogen and oxygen atoms in total. The van der Waals surface area contributed by atoms with Crippen LogP contribution in [-0.2, 0) is 0 Å².